The molecule has 1 aliphatic heterocycles. The number of benzene rings is 1. The Kier molecular flexibility index (Phi) is 7.50. The lowest BCUT2D eigenvalue weighted by Crippen LogP contribution is -2.42. The van der Waals surface area contributed by atoms with E-state index < -0.39 is 46.7 Å². The molecule has 3 N–H and O–H groups in total. The van der Waals surface area contributed by atoms with E-state index in [1.54, 1.807) is 20.8 Å². The van der Waals surface area contributed by atoms with Crippen molar-refractivity contribution < 1.29 is 41.8 Å². The van der Waals surface area contributed by atoms with E-state index in [0.29, 0.717) is 0 Å². The summed E-state index contributed by atoms with van der Waals surface area (Å²) in [6.45, 7) is 8.12. The lowest BCUT2D eigenvalue weighted by atomic mass is 10.1. The summed E-state index contributed by atoms with van der Waals surface area (Å²) >= 11 is 0. The highest BCUT2D eigenvalue weighted by atomic mass is 19.4. The Hall–Kier alpha value is -3.44. The second-order valence-electron chi connectivity index (χ2n) is 8.49. The maximum atomic E-state index is 13.2. The molecule has 1 amide bonds. The highest BCUT2D eigenvalue weighted by Crippen LogP contribution is 2.34. The maximum Gasteiger partial charge on any atom is 0.416 e. The van der Waals surface area contributed by atoms with Gasteiger partial charge >= 0.3 is 24.2 Å². The van der Waals surface area contributed by atoms with Crippen LogP contribution in [0.3, 0.4) is 0 Å². The summed E-state index contributed by atoms with van der Waals surface area (Å²) in [5, 5.41) is 7.91. The minimum absolute atomic E-state index is 0.0694. The number of alkyl halides is 3. The summed E-state index contributed by atoms with van der Waals surface area (Å²) in [6.07, 6.45) is -4.34. The van der Waals surface area contributed by atoms with E-state index in [-0.39, 0.29) is 24.5 Å². The van der Waals surface area contributed by atoms with E-state index in [0.717, 1.165) is 18.3 Å². The first-order chi connectivity index (χ1) is 15.1. The number of halogens is 3. The van der Waals surface area contributed by atoms with E-state index >= 15 is 0 Å². The molecule has 0 radical (unpaired) electrons. The Bertz CT molecular complexity index is 930. The van der Waals surface area contributed by atoms with Crippen molar-refractivity contribution in [1.82, 2.24) is 5.32 Å². The molecule has 2 rings (SSSR count). The molecule has 1 aromatic rings. The van der Waals surface area contributed by atoms with Crippen LogP contribution < -0.4 is 16.0 Å². The Labute approximate surface area is 188 Å². The number of alkyl carbamates (subject to hydrolysis) is 1. The zero-order valence-corrected chi connectivity index (χ0v) is 18.8. The van der Waals surface area contributed by atoms with E-state index in [1.165, 1.54) is 19.9 Å². The van der Waals surface area contributed by atoms with Crippen LogP contribution in [0.1, 0.15) is 40.2 Å². The lowest BCUT2D eigenvalue weighted by molar-refractivity contribution is -0.222. The molecule has 12 heteroatoms. The summed E-state index contributed by atoms with van der Waals surface area (Å²) in [5.41, 5.74) is -1.98. The number of hydrogen-bond acceptors (Lipinski definition) is 8. The van der Waals surface area contributed by atoms with Gasteiger partial charge in [-0.1, -0.05) is 0 Å². The number of esters is 2. The average Bonchev–Trinajstić information content (AvgIpc) is 2.62. The molecule has 1 aliphatic rings. The van der Waals surface area contributed by atoms with Gasteiger partial charge < -0.3 is 30.2 Å². The second kappa shape index (κ2) is 9.59. The fourth-order valence-electron chi connectivity index (χ4n) is 2.60. The van der Waals surface area contributed by atoms with E-state index in [4.69, 9.17) is 14.2 Å². The van der Waals surface area contributed by atoms with Gasteiger partial charge in [0, 0.05) is 33.1 Å². The number of anilines is 2. The van der Waals surface area contributed by atoms with Crippen LogP contribution in [-0.4, -0.2) is 42.5 Å². The number of carbonyl (C=O) groups is 3. The molecule has 0 aromatic heterocycles. The standard InChI is InChI=1S/C21H26F3N3O6/c1-19(2,3)33-18(30)26-9-8-25-14-7-6-12(21(22,23)24)10-15(14)27-11-13-16(28)31-20(4,5)32-17(13)29/h6-7,10-11,25,27H,8-9H2,1-5H3,(H,26,30). The van der Waals surface area contributed by atoms with Gasteiger partial charge in [0.15, 0.2) is 5.57 Å². The molecular formula is C21H26F3N3O6. The quantitative estimate of drug-likeness (QED) is 0.248. The molecule has 1 fully saturated rings. The summed E-state index contributed by atoms with van der Waals surface area (Å²) < 4.78 is 54.5. The van der Waals surface area contributed by atoms with Crippen LogP contribution in [0.15, 0.2) is 30.0 Å². The molecule has 0 spiro atoms. The van der Waals surface area contributed by atoms with Crippen LogP contribution in [0, 0.1) is 0 Å². The molecule has 9 nitrogen and oxygen atoms in total. The Balaban J connectivity index is 2.14. The fourth-order valence-corrected chi connectivity index (χ4v) is 2.60. The normalized spacial score (nSPS) is 15.8. The number of ether oxygens (including phenoxy) is 3. The van der Waals surface area contributed by atoms with Crippen molar-refractivity contribution >= 4 is 29.4 Å². The molecule has 182 valence electrons. The van der Waals surface area contributed by atoms with Crippen molar-refractivity contribution in [3.63, 3.8) is 0 Å². The summed E-state index contributed by atoms with van der Waals surface area (Å²) in [4.78, 5) is 35.8. The summed E-state index contributed by atoms with van der Waals surface area (Å²) in [6, 6.07) is 2.86. The first-order valence-electron chi connectivity index (χ1n) is 9.93. The van der Waals surface area contributed by atoms with Crippen molar-refractivity contribution in [2.75, 3.05) is 23.7 Å². The zero-order chi connectivity index (χ0) is 25.0. The van der Waals surface area contributed by atoms with Crippen LogP contribution in [0.4, 0.5) is 29.3 Å². The van der Waals surface area contributed by atoms with Crippen molar-refractivity contribution in [2.24, 2.45) is 0 Å². The number of amides is 1. The second-order valence-corrected chi connectivity index (χ2v) is 8.49. The van der Waals surface area contributed by atoms with Gasteiger partial charge in [0.2, 0.25) is 0 Å². The monoisotopic (exact) mass is 473 g/mol. The molecule has 0 aliphatic carbocycles. The topological polar surface area (TPSA) is 115 Å². The Morgan fingerprint density at radius 1 is 1.06 bits per heavy atom. The highest BCUT2D eigenvalue weighted by Gasteiger charge is 2.39. The third-order valence-corrected chi connectivity index (χ3v) is 3.94. The predicted octanol–water partition coefficient (Wildman–Crippen LogP) is 3.77. The third-order valence-electron chi connectivity index (χ3n) is 3.94. The van der Waals surface area contributed by atoms with Crippen LogP contribution in [-0.2, 0) is 30.0 Å². The van der Waals surface area contributed by atoms with Gasteiger partial charge in [-0.2, -0.15) is 13.2 Å². The van der Waals surface area contributed by atoms with Gasteiger partial charge in [0.25, 0.3) is 5.79 Å². The largest absolute Gasteiger partial charge is 0.444 e. The molecule has 0 atom stereocenters. The molecular weight excluding hydrogens is 447 g/mol. The van der Waals surface area contributed by atoms with Crippen molar-refractivity contribution in [1.29, 1.82) is 0 Å². The predicted molar refractivity (Wildman–Crippen MR) is 112 cm³/mol. The summed E-state index contributed by atoms with van der Waals surface area (Å²) in [5.74, 6) is -3.41. The summed E-state index contributed by atoms with van der Waals surface area (Å²) in [7, 11) is 0. The van der Waals surface area contributed by atoms with Gasteiger partial charge in [0.05, 0.1) is 16.9 Å². The van der Waals surface area contributed by atoms with Gasteiger partial charge in [-0.25, -0.2) is 14.4 Å². The number of carbonyl (C=O) groups excluding carboxylic acids is 3. The number of hydrogen-bond donors (Lipinski definition) is 3. The molecule has 1 saturated heterocycles. The maximum absolute atomic E-state index is 13.2. The molecule has 1 heterocycles. The van der Waals surface area contributed by atoms with Crippen LogP contribution in [0.5, 0.6) is 0 Å². The Morgan fingerprint density at radius 2 is 1.67 bits per heavy atom. The number of cyclic esters (lactones) is 2. The first kappa shape index (κ1) is 25.8. The lowest BCUT2D eigenvalue weighted by Gasteiger charge is -2.29. The number of nitrogens with one attached hydrogen (secondary N) is 3. The molecule has 33 heavy (non-hydrogen) atoms. The molecule has 0 saturated carbocycles. The third kappa shape index (κ3) is 7.88. The van der Waals surface area contributed by atoms with E-state index in [2.05, 4.69) is 16.0 Å². The smallest absolute Gasteiger partial charge is 0.416 e. The van der Waals surface area contributed by atoms with Gasteiger partial charge in [-0.3, -0.25) is 0 Å². The van der Waals surface area contributed by atoms with Crippen LogP contribution in [0.25, 0.3) is 0 Å². The van der Waals surface area contributed by atoms with Gasteiger partial charge in [0.1, 0.15) is 5.60 Å². The molecule has 0 unspecified atom stereocenters. The molecule has 0 bridgehead atoms. The van der Waals surface area contributed by atoms with Crippen molar-refractivity contribution in [2.45, 2.75) is 52.2 Å². The molecule has 1 aromatic carbocycles. The highest BCUT2D eigenvalue weighted by molar-refractivity contribution is 6.15. The average molecular weight is 473 g/mol. The van der Waals surface area contributed by atoms with Crippen LogP contribution >= 0.6 is 0 Å². The van der Waals surface area contributed by atoms with Gasteiger partial charge in [-0.15, -0.1) is 0 Å². The van der Waals surface area contributed by atoms with Gasteiger partial charge in [-0.05, 0) is 39.0 Å². The number of rotatable bonds is 6. The van der Waals surface area contributed by atoms with E-state index in [9.17, 15) is 27.6 Å². The Morgan fingerprint density at radius 3 is 2.21 bits per heavy atom. The fraction of sp³-hybridized carbons (Fsp3) is 0.476. The minimum Gasteiger partial charge on any atom is -0.444 e. The van der Waals surface area contributed by atoms with Crippen LogP contribution in [0.2, 0.25) is 0 Å². The first-order valence-corrected chi connectivity index (χ1v) is 9.93. The van der Waals surface area contributed by atoms with Crippen molar-refractivity contribution in [3.8, 4) is 0 Å². The minimum atomic E-state index is -4.62. The van der Waals surface area contributed by atoms with E-state index in [1.807, 2.05) is 0 Å². The SMILES string of the molecule is CC(C)(C)OC(=O)NCCNc1ccc(C(F)(F)F)cc1NC=C1C(=O)OC(C)(C)OC1=O. The van der Waals surface area contributed by atoms with Crippen molar-refractivity contribution in [3.05, 3.63) is 35.5 Å². The zero-order valence-electron chi connectivity index (χ0n) is 18.8.